The lowest BCUT2D eigenvalue weighted by molar-refractivity contribution is -0.119. The van der Waals surface area contributed by atoms with Crippen molar-refractivity contribution in [2.24, 2.45) is 0 Å². The maximum atomic E-state index is 12.1. The molecule has 1 saturated heterocycles. The molecule has 0 saturated carbocycles. The second-order valence-corrected chi connectivity index (χ2v) is 5.84. The summed E-state index contributed by atoms with van der Waals surface area (Å²) in [6.45, 7) is 2.92. The zero-order valence-electron chi connectivity index (χ0n) is 12.1. The van der Waals surface area contributed by atoms with Gasteiger partial charge >= 0.3 is 0 Å². The minimum atomic E-state index is 0.130. The Kier molecular flexibility index (Phi) is 3.76. The van der Waals surface area contributed by atoms with Crippen LogP contribution in [0.5, 0.6) is 0 Å². The number of ether oxygens (including phenoxy) is 1. The molecule has 4 heteroatoms. The Morgan fingerprint density at radius 2 is 2.15 bits per heavy atom. The van der Waals surface area contributed by atoms with Crippen LogP contribution in [0.25, 0.3) is 0 Å². The van der Waals surface area contributed by atoms with Gasteiger partial charge in [0.1, 0.15) is 0 Å². The first-order chi connectivity index (χ1) is 9.65. The second-order valence-electron chi connectivity index (χ2n) is 5.84. The summed E-state index contributed by atoms with van der Waals surface area (Å²) in [4.78, 5) is 13.9. The summed E-state index contributed by atoms with van der Waals surface area (Å²) in [6.07, 6.45) is 2.88. The largest absolute Gasteiger partial charge is 0.378 e. The van der Waals surface area contributed by atoms with E-state index in [1.165, 1.54) is 5.56 Å². The molecular weight excluding hydrogens is 252 g/mol. The number of amides is 1. The van der Waals surface area contributed by atoms with Crippen LogP contribution in [0.4, 0.5) is 5.69 Å². The minimum absolute atomic E-state index is 0.130. The molecule has 1 aromatic carbocycles. The van der Waals surface area contributed by atoms with E-state index in [0.717, 1.165) is 25.1 Å². The van der Waals surface area contributed by atoms with Gasteiger partial charge in [-0.25, -0.2) is 0 Å². The fourth-order valence-electron chi connectivity index (χ4n) is 3.23. The molecule has 3 unspecified atom stereocenters. The number of benzene rings is 1. The van der Waals surface area contributed by atoms with Gasteiger partial charge in [-0.15, -0.1) is 0 Å². The number of carbonyl (C=O) groups excluding carboxylic acids is 1. The molecule has 0 radical (unpaired) electrons. The second kappa shape index (κ2) is 5.54. The lowest BCUT2D eigenvalue weighted by atomic mass is 9.94. The molecule has 3 rings (SSSR count). The highest BCUT2D eigenvalue weighted by molar-refractivity contribution is 5.96. The lowest BCUT2D eigenvalue weighted by Crippen LogP contribution is -2.44. The van der Waals surface area contributed by atoms with Crippen molar-refractivity contribution in [1.82, 2.24) is 5.32 Å². The summed E-state index contributed by atoms with van der Waals surface area (Å²) in [5.41, 5.74) is 2.26. The van der Waals surface area contributed by atoms with Crippen LogP contribution in [0, 0.1) is 0 Å². The number of hydrogen-bond acceptors (Lipinski definition) is 3. The van der Waals surface area contributed by atoms with E-state index >= 15 is 0 Å². The van der Waals surface area contributed by atoms with Gasteiger partial charge in [0.05, 0.1) is 6.10 Å². The third-order valence-electron chi connectivity index (χ3n) is 4.35. The molecule has 2 aliphatic heterocycles. The molecule has 108 valence electrons. The van der Waals surface area contributed by atoms with Gasteiger partial charge in [0.25, 0.3) is 0 Å². The molecule has 2 aliphatic rings. The van der Waals surface area contributed by atoms with Gasteiger partial charge in [0, 0.05) is 37.8 Å². The van der Waals surface area contributed by atoms with Gasteiger partial charge in [0.15, 0.2) is 0 Å². The van der Waals surface area contributed by atoms with Crippen molar-refractivity contribution in [3.63, 3.8) is 0 Å². The molecule has 20 heavy (non-hydrogen) atoms. The Hall–Kier alpha value is -1.39. The van der Waals surface area contributed by atoms with Crippen LogP contribution in [0.15, 0.2) is 24.3 Å². The molecule has 1 amide bonds. The summed E-state index contributed by atoms with van der Waals surface area (Å²) in [7, 11) is 1.86. The first-order valence-electron chi connectivity index (χ1n) is 7.38. The van der Waals surface area contributed by atoms with Crippen LogP contribution in [0.3, 0.4) is 0 Å². The monoisotopic (exact) mass is 274 g/mol. The first-order valence-corrected chi connectivity index (χ1v) is 7.38. The highest BCUT2D eigenvalue weighted by Crippen LogP contribution is 2.34. The van der Waals surface area contributed by atoms with Crippen LogP contribution >= 0.6 is 0 Å². The molecule has 3 atom stereocenters. The highest BCUT2D eigenvalue weighted by atomic mass is 16.5. The van der Waals surface area contributed by atoms with Crippen molar-refractivity contribution in [1.29, 1.82) is 0 Å². The van der Waals surface area contributed by atoms with Gasteiger partial charge < -0.3 is 15.0 Å². The number of carbonyl (C=O) groups is 1. The summed E-state index contributed by atoms with van der Waals surface area (Å²) in [6, 6.07) is 8.75. The number of fused-ring (bicyclic) bond motifs is 1. The number of nitrogens with zero attached hydrogens (tertiary/aromatic N) is 1. The molecule has 1 aromatic rings. The van der Waals surface area contributed by atoms with E-state index in [1.54, 1.807) is 4.90 Å². The van der Waals surface area contributed by atoms with Crippen LogP contribution in [0.1, 0.15) is 37.8 Å². The normalized spacial score (nSPS) is 30.2. The summed E-state index contributed by atoms with van der Waals surface area (Å²) in [5, 5.41) is 3.67. The van der Waals surface area contributed by atoms with Gasteiger partial charge in [-0.05, 0) is 31.4 Å². The van der Waals surface area contributed by atoms with Gasteiger partial charge in [-0.1, -0.05) is 18.2 Å². The smallest absolute Gasteiger partial charge is 0.228 e. The number of anilines is 1. The van der Waals surface area contributed by atoms with Crippen LogP contribution < -0.4 is 10.2 Å². The van der Waals surface area contributed by atoms with E-state index in [0.29, 0.717) is 18.6 Å². The van der Waals surface area contributed by atoms with Crippen LogP contribution in [-0.4, -0.2) is 31.7 Å². The molecule has 0 bridgehead atoms. The Bertz CT molecular complexity index is 503. The Morgan fingerprint density at radius 1 is 1.35 bits per heavy atom. The molecule has 1 fully saturated rings. The Labute approximate surface area is 120 Å². The predicted molar refractivity (Wildman–Crippen MR) is 78.8 cm³/mol. The van der Waals surface area contributed by atoms with Gasteiger partial charge in [0.2, 0.25) is 5.91 Å². The van der Waals surface area contributed by atoms with Crippen molar-refractivity contribution in [2.45, 2.75) is 44.4 Å². The van der Waals surface area contributed by atoms with Crippen molar-refractivity contribution < 1.29 is 9.53 Å². The van der Waals surface area contributed by atoms with Crippen molar-refractivity contribution in [3.8, 4) is 0 Å². The number of para-hydroxylation sites is 1. The third-order valence-corrected chi connectivity index (χ3v) is 4.35. The molecule has 0 aromatic heterocycles. The topological polar surface area (TPSA) is 41.6 Å². The van der Waals surface area contributed by atoms with Crippen molar-refractivity contribution >= 4 is 11.6 Å². The summed E-state index contributed by atoms with van der Waals surface area (Å²) < 4.78 is 5.59. The third kappa shape index (κ3) is 2.58. The van der Waals surface area contributed by atoms with Crippen molar-refractivity contribution in [2.75, 3.05) is 18.6 Å². The quantitative estimate of drug-likeness (QED) is 0.899. The molecular formula is C16H22N2O2. The minimum Gasteiger partial charge on any atom is -0.378 e. The maximum Gasteiger partial charge on any atom is 0.228 e. The highest BCUT2D eigenvalue weighted by Gasteiger charge is 2.31. The van der Waals surface area contributed by atoms with Crippen LogP contribution in [0.2, 0.25) is 0 Å². The molecule has 0 aliphatic carbocycles. The number of hydrogen-bond donors (Lipinski definition) is 1. The molecule has 1 N–H and O–H groups in total. The average molecular weight is 274 g/mol. The van der Waals surface area contributed by atoms with E-state index < -0.39 is 0 Å². The average Bonchev–Trinajstić information content (AvgIpc) is 2.45. The standard InChI is InChI=1S/C16H22N2O2/c1-11-9-12(7-8-20-11)17-14-10-16(19)18(2)15-6-4-3-5-13(14)15/h3-6,11-12,14,17H,7-10H2,1-2H3. The van der Waals surface area contributed by atoms with Crippen LogP contribution in [-0.2, 0) is 9.53 Å². The summed E-state index contributed by atoms with van der Waals surface area (Å²) >= 11 is 0. The zero-order valence-corrected chi connectivity index (χ0v) is 12.1. The SMILES string of the molecule is CC1CC(NC2CC(=O)N(C)c3ccccc32)CCO1. The fraction of sp³-hybridized carbons (Fsp3) is 0.562. The van der Waals surface area contributed by atoms with Gasteiger partial charge in [-0.2, -0.15) is 0 Å². The van der Waals surface area contributed by atoms with E-state index in [-0.39, 0.29) is 11.9 Å². The van der Waals surface area contributed by atoms with E-state index in [9.17, 15) is 4.79 Å². The predicted octanol–water partition coefficient (Wildman–Crippen LogP) is 2.25. The lowest BCUT2D eigenvalue weighted by Gasteiger charge is -2.36. The zero-order chi connectivity index (χ0) is 14.1. The number of rotatable bonds is 2. The Morgan fingerprint density at radius 3 is 2.95 bits per heavy atom. The number of nitrogens with one attached hydrogen (secondary N) is 1. The van der Waals surface area contributed by atoms with E-state index in [1.807, 2.05) is 25.2 Å². The molecule has 4 nitrogen and oxygen atoms in total. The Balaban J connectivity index is 1.79. The summed E-state index contributed by atoms with van der Waals surface area (Å²) in [5.74, 6) is 0.182. The first kappa shape index (κ1) is 13.6. The van der Waals surface area contributed by atoms with E-state index in [4.69, 9.17) is 4.74 Å². The molecule has 2 heterocycles. The van der Waals surface area contributed by atoms with E-state index in [2.05, 4.69) is 18.3 Å². The maximum absolute atomic E-state index is 12.1. The van der Waals surface area contributed by atoms with Gasteiger partial charge in [-0.3, -0.25) is 4.79 Å². The molecule has 0 spiro atoms. The van der Waals surface area contributed by atoms with Crippen molar-refractivity contribution in [3.05, 3.63) is 29.8 Å². The fourth-order valence-corrected chi connectivity index (χ4v) is 3.23.